The quantitative estimate of drug-likeness (QED) is 0.208. The van der Waals surface area contributed by atoms with Gasteiger partial charge in [0.1, 0.15) is 0 Å². The Morgan fingerprint density at radius 1 is 0.485 bits per heavy atom. The van der Waals surface area contributed by atoms with Gasteiger partial charge in [-0.15, -0.1) is 0 Å². The average Bonchev–Trinajstić information content (AvgIpc) is 3.19. The van der Waals surface area contributed by atoms with Crippen molar-refractivity contribution in [1.29, 1.82) is 0 Å². The Hall–Kier alpha value is -1.04. The molecule has 1 aromatic carbocycles. The first-order valence-corrected chi connectivity index (χ1v) is 15.1. The van der Waals surface area contributed by atoms with Gasteiger partial charge < -0.3 is 0 Å². The van der Waals surface area contributed by atoms with E-state index in [2.05, 4.69) is 47.6 Å². The summed E-state index contributed by atoms with van der Waals surface area (Å²) in [6.07, 6.45) is 26.6. The molecule has 1 aliphatic carbocycles. The van der Waals surface area contributed by atoms with Gasteiger partial charge in [0.05, 0.1) is 0 Å². The Balaban J connectivity index is 2.76. The molecule has 0 nitrogen and oxygen atoms in total. The van der Waals surface area contributed by atoms with Gasteiger partial charge in [-0.25, -0.2) is 0 Å². The molecule has 0 amide bonds. The Bertz CT molecular complexity index is 720. The van der Waals surface area contributed by atoms with Crippen molar-refractivity contribution in [3.63, 3.8) is 0 Å². The highest BCUT2D eigenvalue weighted by Gasteiger charge is 2.32. The number of hydrogen-bond donors (Lipinski definition) is 0. The van der Waals surface area contributed by atoms with Gasteiger partial charge in [-0.05, 0) is 104 Å². The van der Waals surface area contributed by atoms with Crippen LogP contribution in [0, 0.1) is 0 Å². The Morgan fingerprint density at radius 2 is 0.909 bits per heavy atom. The van der Waals surface area contributed by atoms with Crippen LogP contribution in [0.4, 0.5) is 0 Å². The molecule has 2 rings (SSSR count). The van der Waals surface area contributed by atoms with Crippen molar-refractivity contribution >= 4 is 6.08 Å². The van der Waals surface area contributed by atoms with Crippen molar-refractivity contribution in [2.45, 2.75) is 163 Å². The fraction of sp³-hybridized carbons (Fsp3) is 0.758. The van der Waals surface area contributed by atoms with E-state index in [1.54, 1.807) is 22.3 Å². The van der Waals surface area contributed by atoms with Crippen LogP contribution in [-0.2, 0) is 25.7 Å². The summed E-state index contributed by atoms with van der Waals surface area (Å²) in [6.45, 7) is 14.2. The van der Waals surface area contributed by atoms with E-state index in [1.807, 2.05) is 16.7 Å². The summed E-state index contributed by atoms with van der Waals surface area (Å²) in [5, 5.41) is 0. The molecule has 0 aromatic heterocycles. The summed E-state index contributed by atoms with van der Waals surface area (Å²) in [5.41, 5.74) is 12.5. The SMILES string of the molecule is CCCCC1=Cc2c(CCCC)c(CCCC)c(CCCC)c(CCCC)c2C1CCCC. The standard InChI is InChI=1S/C33H56/c1-7-13-19-26-25-32-30(23-17-11-5)28(21-15-9-3)29(22-16-10-4)31(24-18-12-6)33(32)27(26)20-14-8-2/h25,27H,7-24H2,1-6H3. The fourth-order valence-corrected chi connectivity index (χ4v) is 6.00. The van der Waals surface area contributed by atoms with E-state index < -0.39 is 0 Å². The minimum absolute atomic E-state index is 0.708. The van der Waals surface area contributed by atoms with Gasteiger partial charge >= 0.3 is 0 Å². The van der Waals surface area contributed by atoms with Crippen LogP contribution in [0.25, 0.3) is 6.08 Å². The third-order valence-corrected chi connectivity index (χ3v) is 7.95. The number of unbranched alkanes of at least 4 members (excludes halogenated alkanes) is 6. The van der Waals surface area contributed by atoms with Crippen LogP contribution in [0.1, 0.15) is 171 Å². The van der Waals surface area contributed by atoms with E-state index >= 15 is 0 Å². The van der Waals surface area contributed by atoms with Crippen molar-refractivity contribution in [3.05, 3.63) is 39.0 Å². The predicted molar refractivity (Wildman–Crippen MR) is 151 cm³/mol. The molecular formula is C33H56. The van der Waals surface area contributed by atoms with E-state index in [9.17, 15) is 0 Å². The first-order valence-electron chi connectivity index (χ1n) is 15.1. The van der Waals surface area contributed by atoms with E-state index in [1.165, 1.54) is 116 Å². The zero-order chi connectivity index (χ0) is 24.1. The molecule has 0 fully saturated rings. The van der Waals surface area contributed by atoms with Crippen LogP contribution < -0.4 is 0 Å². The molecule has 1 aliphatic rings. The molecule has 0 heteroatoms. The Kier molecular flexibility index (Phi) is 13.5. The third kappa shape index (κ3) is 7.47. The zero-order valence-corrected chi connectivity index (χ0v) is 23.4. The molecule has 33 heavy (non-hydrogen) atoms. The molecule has 0 radical (unpaired) electrons. The van der Waals surface area contributed by atoms with E-state index in [-0.39, 0.29) is 0 Å². The van der Waals surface area contributed by atoms with Crippen LogP contribution in [0.3, 0.4) is 0 Å². The molecule has 1 unspecified atom stereocenters. The maximum Gasteiger partial charge on any atom is 0.00603 e. The van der Waals surface area contributed by atoms with Gasteiger partial charge in [0.2, 0.25) is 0 Å². The molecular weight excluding hydrogens is 396 g/mol. The Morgan fingerprint density at radius 3 is 1.42 bits per heavy atom. The maximum atomic E-state index is 2.73. The maximum absolute atomic E-state index is 2.73. The van der Waals surface area contributed by atoms with Crippen LogP contribution in [-0.4, -0.2) is 0 Å². The second-order valence-electron chi connectivity index (χ2n) is 10.7. The van der Waals surface area contributed by atoms with Crippen LogP contribution in [0.15, 0.2) is 5.57 Å². The first kappa shape index (κ1) is 28.2. The van der Waals surface area contributed by atoms with Gasteiger partial charge in [0.25, 0.3) is 0 Å². The molecule has 1 aromatic rings. The highest BCUT2D eigenvalue weighted by atomic mass is 14.4. The topological polar surface area (TPSA) is 0 Å². The molecule has 0 N–H and O–H groups in total. The van der Waals surface area contributed by atoms with Gasteiger partial charge in [0.15, 0.2) is 0 Å². The normalized spacial score (nSPS) is 15.2. The Labute approximate surface area is 208 Å². The average molecular weight is 453 g/mol. The smallest absolute Gasteiger partial charge is 0.00603 e. The molecule has 188 valence electrons. The van der Waals surface area contributed by atoms with Crippen molar-refractivity contribution in [2.24, 2.45) is 0 Å². The minimum Gasteiger partial charge on any atom is -0.0654 e. The molecule has 0 heterocycles. The fourth-order valence-electron chi connectivity index (χ4n) is 6.00. The summed E-state index contributed by atoms with van der Waals surface area (Å²) >= 11 is 0. The van der Waals surface area contributed by atoms with Gasteiger partial charge in [-0.2, -0.15) is 0 Å². The lowest BCUT2D eigenvalue weighted by Gasteiger charge is -2.28. The van der Waals surface area contributed by atoms with E-state index in [4.69, 9.17) is 0 Å². The van der Waals surface area contributed by atoms with Gasteiger partial charge in [-0.3, -0.25) is 0 Å². The lowest BCUT2D eigenvalue weighted by molar-refractivity contribution is 0.612. The minimum atomic E-state index is 0.708. The van der Waals surface area contributed by atoms with Gasteiger partial charge in [0, 0.05) is 5.92 Å². The number of rotatable bonds is 18. The van der Waals surface area contributed by atoms with E-state index in [0.29, 0.717) is 5.92 Å². The molecule has 0 saturated carbocycles. The third-order valence-electron chi connectivity index (χ3n) is 7.95. The largest absolute Gasteiger partial charge is 0.0654 e. The molecule has 0 spiro atoms. The number of benzene rings is 1. The monoisotopic (exact) mass is 452 g/mol. The number of allylic oxidation sites excluding steroid dienone is 1. The number of hydrogen-bond acceptors (Lipinski definition) is 0. The summed E-state index contributed by atoms with van der Waals surface area (Å²) in [7, 11) is 0. The van der Waals surface area contributed by atoms with Crippen molar-refractivity contribution in [2.75, 3.05) is 0 Å². The molecule has 0 bridgehead atoms. The van der Waals surface area contributed by atoms with Crippen molar-refractivity contribution in [1.82, 2.24) is 0 Å². The van der Waals surface area contributed by atoms with Crippen molar-refractivity contribution in [3.8, 4) is 0 Å². The zero-order valence-electron chi connectivity index (χ0n) is 23.4. The van der Waals surface area contributed by atoms with Crippen LogP contribution in [0.2, 0.25) is 0 Å². The summed E-state index contributed by atoms with van der Waals surface area (Å²) < 4.78 is 0. The lowest BCUT2D eigenvalue weighted by Crippen LogP contribution is -2.14. The summed E-state index contributed by atoms with van der Waals surface area (Å²) in [4.78, 5) is 0. The highest BCUT2D eigenvalue weighted by Crippen LogP contribution is 2.48. The second kappa shape index (κ2) is 15.8. The van der Waals surface area contributed by atoms with Crippen molar-refractivity contribution < 1.29 is 0 Å². The van der Waals surface area contributed by atoms with Crippen LogP contribution in [0.5, 0.6) is 0 Å². The van der Waals surface area contributed by atoms with Crippen LogP contribution >= 0.6 is 0 Å². The summed E-state index contributed by atoms with van der Waals surface area (Å²) in [6, 6.07) is 0. The molecule has 0 aliphatic heterocycles. The molecule has 1 atom stereocenters. The highest BCUT2D eigenvalue weighted by molar-refractivity contribution is 5.74. The lowest BCUT2D eigenvalue weighted by atomic mass is 9.77. The first-order chi connectivity index (χ1) is 16.2. The van der Waals surface area contributed by atoms with E-state index in [0.717, 1.165) is 0 Å². The molecule has 0 saturated heterocycles. The predicted octanol–water partition coefficient (Wildman–Crippen LogP) is 10.9. The summed E-state index contributed by atoms with van der Waals surface area (Å²) in [5.74, 6) is 0.708. The second-order valence-corrected chi connectivity index (χ2v) is 10.7. The number of fused-ring (bicyclic) bond motifs is 1. The van der Waals surface area contributed by atoms with Gasteiger partial charge in [-0.1, -0.05) is 98.1 Å².